The van der Waals surface area contributed by atoms with Crippen LogP contribution in [0.15, 0.2) is 28.7 Å². The number of benzene rings is 1. The minimum atomic E-state index is -0.138. The van der Waals surface area contributed by atoms with Gasteiger partial charge in [0.2, 0.25) is 5.78 Å². The van der Waals surface area contributed by atoms with Gasteiger partial charge in [0, 0.05) is 5.39 Å². The van der Waals surface area contributed by atoms with Gasteiger partial charge in [-0.2, -0.15) is 0 Å². The van der Waals surface area contributed by atoms with E-state index in [0.29, 0.717) is 17.1 Å². The molecule has 0 spiro atoms. The fraction of sp³-hybridized carbons (Fsp3) is 0.214. The molecule has 1 aromatic carbocycles. The monoisotopic (exact) mass is 272 g/mol. The first-order chi connectivity index (χ1) is 9.19. The Morgan fingerprint density at radius 1 is 1.37 bits per heavy atom. The number of nitrogens with zero attached hydrogens (tertiary/aromatic N) is 2. The van der Waals surface area contributed by atoms with Gasteiger partial charge >= 0.3 is 0 Å². The summed E-state index contributed by atoms with van der Waals surface area (Å²) in [5.74, 6) is 0.210. The van der Waals surface area contributed by atoms with Crippen molar-refractivity contribution in [3.05, 3.63) is 46.2 Å². The zero-order chi connectivity index (χ0) is 13.4. The van der Waals surface area contributed by atoms with Crippen molar-refractivity contribution < 1.29 is 9.21 Å². The number of fused-ring (bicyclic) bond motifs is 1. The second-order valence-electron chi connectivity index (χ2n) is 4.38. The van der Waals surface area contributed by atoms with E-state index < -0.39 is 0 Å². The number of rotatable bonds is 3. The highest BCUT2D eigenvalue weighted by Gasteiger charge is 2.20. The molecular weight excluding hydrogens is 260 g/mol. The molecule has 0 saturated carbocycles. The Kier molecular flexibility index (Phi) is 2.91. The molecule has 3 rings (SSSR count). The fourth-order valence-corrected chi connectivity index (χ4v) is 2.69. The lowest BCUT2D eigenvalue weighted by Crippen LogP contribution is -2.00. The second-order valence-corrected chi connectivity index (χ2v) is 5.14. The van der Waals surface area contributed by atoms with Crippen molar-refractivity contribution in [2.24, 2.45) is 0 Å². The van der Waals surface area contributed by atoms with Gasteiger partial charge in [0.05, 0.1) is 5.69 Å². The zero-order valence-electron chi connectivity index (χ0n) is 10.6. The van der Waals surface area contributed by atoms with Gasteiger partial charge in [0.1, 0.15) is 10.5 Å². The van der Waals surface area contributed by atoms with Crippen molar-refractivity contribution in [1.82, 2.24) is 9.59 Å². The molecule has 0 amide bonds. The van der Waals surface area contributed by atoms with E-state index >= 15 is 0 Å². The molecule has 0 radical (unpaired) electrons. The largest absolute Gasteiger partial charge is 0.453 e. The molecule has 5 heteroatoms. The molecule has 2 heterocycles. The number of ketones is 1. The maximum atomic E-state index is 12.4. The van der Waals surface area contributed by atoms with E-state index in [9.17, 15) is 4.79 Å². The molecule has 0 unspecified atom stereocenters. The highest BCUT2D eigenvalue weighted by atomic mass is 32.1. The van der Waals surface area contributed by atoms with Crippen molar-refractivity contribution in [3.8, 4) is 0 Å². The van der Waals surface area contributed by atoms with Crippen LogP contribution in [-0.4, -0.2) is 15.4 Å². The first-order valence-electron chi connectivity index (χ1n) is 6.05. The van der Waals surface area contributed by atoms with Crippen LogP contribution in [0.25, 0.3) is 11.0 Å². The average Bonchev–Trinajstić information content (AvgIpc) is 3.03. The maximum Gasteiger partial charge on any atom is 0.241 e. The maximum absolute atomic E-state index is 12.4. The van der Waals surface area contributed by atoms with Crippen LogP contribution in [0.2, 0.25) is 0 Å². The third-order valence-electron chi connectivity index (χ3n) is 2.99. The molecule has 0 fully saturated rings. The predicted octanol–water partition coefficient (Wildman–Crippen LogP) is 3.39. The average molecular weight is 272 g/mol. The number of carbonyl (C=O) groups excluding carboxylic acids is 1. The molecule has 0 aliphatic rings. The first-order valence-corrected chi connectivity index (χ1v) is 6.82. The van der Waals surface area contributed by atoms with Gasteiger partial charge in [0.15, 0.2) is 5.76 Å². The first kappa shape index (κ1) is 12.0. The zero-order valence-corrected chi connectivity index (χ0v) is 11.5. The van der Waals surface area contributed by atoms with Crippen LogP contribution in [0.3, 0.4) is 0 Å². The summed E-state index contributed by atoms with van der Waals surface area (Å²) >= 11 is 1.12. The number of furan rings is 1. The number of hydrogen-bond acceptors (Lipinski definition) is 5. The quantitative estimate of drug-likeness (QED) is 0.686. The highest BCUT2D eigenvalue weighted by molar-refractivity contribution is 7.08. The molecule has 19 heavy (non-hydrogen) atoms. The van der Waals surface area contributed by atoms with Crippen molar-refractivity contribution in [1.29, 1.82) is 0 Å². The standard InChI is InChI=1S/C14H12N2O2S/c1-3-10-14(19-16-15-10)13(17)12-7-9-6-8(2)4-5-11(9)18-12/h4-7H,3H2,1-2H3. The topological polar surface area (TPSA) is 56.0 Å². The molecule has 4 nitrogen and oxygen atoms in total. The SMILES string of the molecule is CCc1nnsc1C(=O)c1cc2cc(C)ccc2o1. The van der Waals surface area contributed by atoms with E-state index in [2.05, 4.69) is 9.59 Å². The van der Waals surface area contributed by atoms with Crippen LogP contribution in [-0.2, 0) is 6.42 Å². The summed E-state index contributed by atoms with van der Waals surface area (Å²) in [6.45, 7) is 3.96. The Bertz CT molecular complexity index is 758. The van der Waals surface area contributed by atoms with Gasteiger partial charge < -0.3 is 4.42 Å². The van der Waals surface area contributed by atoms with Gasteiger partial charge in [-0.3, -0.25) is 4.79 Å². The normalized spacial score (nSPS) is 11.1. The molecule has 0 saturated heterocycles. The molecule has 0 aliphatic carbocycles. The molecule has 3 aromatic rings. The lowest BCUT2D eigenvalue weighted by Gasteiger charge is -1.94. The van der Waals surface area contributed by atoms with Crippen LogP contribution in [0.5, 0.6) is 0 Å². The molecular formula is C14H12N2O2S. The van der Waals surface area contributed by atoms with Gasteiger partial charge in [-0.05, 0) is 43.1 Å². The third kappa shape index (κ3) is 2.06. The number of aryl methyl sites for hydroxylation is 2. The Balaban J connectivity index is 2.07. The summed E-state index contributed by atoms with van der Waals surface area (Å²) in [5.41, 5.74) is 2.59. The lowest BCUT2D eigenvalue weighted by atomic mass is 10.1. The molecule has 0 bridgehead atoms. The van der Waals surface area contributed by atoms with Crippen molar-refractivity contribution in [2.75, 3.05) is 0 Å². The van der Waals surface area contributed by atoms with Crippen LogP contribution >= 0.6 is 11.5 Å². The summed E-state index contributed by atoms with van der Waals surface area (Å²) in [6, 6.07) is 7.63. The van der Waals surface area contributed by atoms with Crippen molar-refractivity contribution in [2.45, 2.75) is 20.3 Å². The Labute approximate surface area is 114 Å². The van der Waals surface area contributed by atoms with E-state index in [-0.39, 0.29) is 5.78 Å². The number of aromatic nitrogens is 2. The van der Waals surface area contributed by atoms with E-state index in [4.69, 9.17) is 4.42 Å². The summed E-state index contributed by atoms with van der Waals surface area (Å²) in [6.07, 6.45) is 0.691. The van der Waals surface area contributed by atoms with Crippen molar-refractivity contribution in [3.63, 3.8) is 0 Å². The lowest BCUT2D eigenvalue weighted by molar-refractivity contribution is 0.101. The molecule has 0 atom stereocenters. The number of hydrogen-bond donors (Lipinski definition) is 0. The summed E-state index contributed by atoms with van der Waals surface area (Å²) < 4.78 is 9.45. The Morgan fingerprint density at radius 3 is 3.00 bits per heavy atom. The van der Waals surface area contributed by atoms with E-state index in [0.717, 1.165) is 33.8 Å². The predicted molar refractivity (Wildman–Crippen MR) is 73.7 cm³/mol. The van der Waals surface area contributed by atoms with Crippen LogP contribution in [0, 0.1) is 6.92 Å². The van der Waals surface area contributed by atoms with Gasteiger partial charge in [0.25, 0.3) is 0 Å². The van der Waals surface area contributed by atoms with E-state index in [1.807, 2.05) is 32.0 Å². The molecule has 2 aromatic heterocycles. The highest BCUT2D eigenvalue weighted by Crippen LogP contribution is 2.24. The van der Waals surface area contributed by atoms with Gasteiger partial charge in [-0.15, -0.1) is 5.10 Å². The van der Waals surface area contributed by atoms with Crippen LogP contribution < -0.4 is 0 Å². The third-order valence-corrected chi connectivity index (χ3v) is 3.76. The van der Waals surface area contributed by atoms with E-state index in [1.54, 1.807) is 6.07 Å². The minimum absolute atomic E-state index is 0.138. The van der Waals surface area contributed by atoms with Crippen LogP contribution in [0.1, 0.15) is 33.6 Å². The molecule has 0 aliphatic heterocycles. The second kappa shape index (κ2) is 4.59. The summed E-state index contributed by atoms with van der Waals surface area (Å²) in [4.78, 5) is 12.9. The number of carbonyl (C=O) groups is 1. The van der Waals surface area contributed by atoms with Gasteiger partial charge in [-0.1, -0.05) is 23.0 Å². The van der Waals surface area contributed by atoms with Crippen LogP contribution in [0.4, 0.5) is 0 Å². The fourth-order valence-electron chi connectivity index (χ4n) is 2.00. The smallest absolute Gasteiger partial charge is 0.241 e. The van der Waals surface area contributed by atoms with Gasteiger partial charge in [-0.25, -0.2) is 0 Å². The van der Waals surface area contributed by atoms with E-state index in [1.165, 1.54) is 0 Å². The Morgan fingerprint density at radius 2 is 2.21 bits per heavy atom. The molecule has 96 valence electrons. The minimum Gasteiger partial charge on any atom is -0.453 e. The summed E-state index contributed by atoms with van der Waals surface area (Å²) in [5, 5.41) is 4.90. The Hall–Kier alpha value is -2.01. The van der Waals surface area contributed by atoms with Crippen molar-refractivity contribution >= 4 is 28.3 Å². The molecule has 0 N–H and O–H groups in total. The summed E-state index contributed by atoms with van der Waals surface area (Å²) in [7, 11) is 0.